The second kappa shape index (κ2) is 10.4. The Morgan fingerprint density at radius 3 is 2.53 bits per heavy atom. The molecular formula is C32H55NO3. The number of ether oxygens (including phenoxy) is 1. The SMILES string of the molecule is CC(C)[C@H](N)C(=O)O[C@H]1CC[C@@]2(C)C(=CCC3[C@@H]2CC[C@]2(C)C([C@H](C)CCCC(C)(C)O)CC[C@@H]32)C1. The zero-order chi connectivity index (χ0) is 26.5. The third-order valence-corrected chi connectivity index (χ3v) is 11.5. The molecule has 0 aromatic carbocycles. The summed E-state index contributed by atoms with van der Waals surface area (Å²) in [6.45, 7) is 15.5. The lowest BCUT2D eigenvalue weighted by atomic mass is 9.47. The molecule has 4 nitrogen and oxygen atoms in total. The van der Waals surface area contributed by atoms with Crippen LogP contribution in [-0.2, 0) is 9.53 Å². The topological polar surface area (TPSA) is 72.6 Å². The van der Waals surface area contributed by atoms with Crippen LogP contribution in [0.5, 0.6) is 0 Å². The maximum atomic E-state index is 12.5. The Labute approximate surface area is 221 Å². The molecule has 0 radical (unpaired) electrons. The molecule has 4 heteroatoms. The summed E-state index contributed by atoms with van der Waals surface area (Å²) < 4.78 is 5.90. The van der Waals surface area contributed by atoms with E-state index in [0.717, 1.165) is 61.7 Å². The molecule has 2 unspecified atom stereocenters. The number of rotatable bonds is 8. The van der Waals surface area contributed by atoms with E-state index in [-0.39, 0.29) is 23.4 Å². The van der Waals surface area contributed by atoms with Crippen molar-refractivity contribution in [3.63, 3.8) is 0 Å². The standard InChI is InChI=1S/C32H55NO3/c1-20(2)28(33)29(34)36-23-14-17-31(6)22(19-23)10-11-24-26-13-12-25(32(26,7)18-15-27(24)31)21(3)9-8-16-30(4,5)35/h10,20-21,23-28,35H,8-9,11-19,33H2,1-7H3/t21-,23+,24?,25?,26+,27+,28+,31+,32-/m1/s1. The van der Waals surface area contributed by atoms with Crippen LogP contribution >= 0.6 is 0 Å². The van der Waals surface area contributed by atoms with Crippen LogP contribution < -0.4 is 5.73 Å². The molecule has 4 aliphatic carbocycles. The maximum Gasteiger partial charge on any atom is 0.323 e. The van der Waals surface area contributed by atoms with Gasteiger partial charge in [0, 0.05) is 6.42 Å². The van der Waals surface area contributed by atoms with Gasteiger partial charge in [0.2, 0.25) is 0 Å². The summed E-state index contributed by atoms with van der Waals surface area (Å²) in [5.74, 6) is 3.86. The van der Waals surface area contributed by atoms with Crippen molar-refractivity contribution in [2.45, 2.75) is 137 Å². The molecule has 206 valence electrons. The lowest BCUT2D eigenvalue weighted by Gasteiger charge is -2.58. The van der Waals surface area contributed by atoms with Crippen molar-refractivity contribution in [3.05, 3.63) is 11.6 Å². The van der Waals surface area contributed by atoms with Crippen LogP contribution in [0, 0.1) is 46.3 Å². The van der Waals surface area contributed by atoms with E-state index in [1.165, 1.54) is 38.5 Å². The van der Waals surface area contributed by atoms with Gasteiger partial charge in [-0.25, -0.2) is 0 Å². The van der Waals surface area contributed by atoms with E-state index in [1.54, 1.807) is 5.57 Å². The second-order valence-electron chi connectivity index (χ2n) is 14.7. The number of hydrogen-bond acceptors (Lipinski definition) is 4. The molecule has 0 heterocycles. The number of nitrogens with two attached hydrogens (primary N) is 1. The maximum absolute atomic E-state index is 12.5. The van der Waals surface area contributed by atoms with Crippen molar-refractivity contribution in [1.29, 1.82) is 0 Å². The average molecular weight is 502 g/mol. The molecule has 36 heavy (non-hydrogen) atoms. The Kier molecular flexibility index (Phi) is 8.10. The first-order valence-corrected chi connectivity index (χ1v) is 15.1. The molecule has 0 amide bonds. The van der Waals surface area contributed by atoms with Crippen molar-refractivity contribution in [1.82, 2.24) is 0 Å². The van der Waals surface area contributed by atoms with Gasteiger partial charge in [-0.1, -0.05) is 59.1 Å². The predicted octanol–water partition coefficient (Wildman–Crippen LogP) is 7.04. The predicted molar refractivity (Wildman–Crippen MR) is 147 cm³/mol. The van der Waals surface area contributed by atoms with E-state index in [4.69, 9.17) is 10.5 Å². The van der Waals surface area contributed by atoms with Gasteiger partial charge in [-0.2, -0.15) is 0 Å². The first-order valence-electron chi connectivity index (χ1n) is 15.1. The molecule has 9 atom stereocenters. The molecule has 3 N–H and O–H groups in total. The fraction of sp³-hybridized carbons (Fsp3) is 0.906. The van der Waals surface area contributed by atoms with Gasteiger partial charge < -0.3 is 15.6 Å². The molecule has 3 saturated carbocycles. The Morgan fingerprint density at radius 2 is 1.86 bits per heavy atom. The third-order valence-electron chi connectivity index (χ3n) is 11.5. The minimum Gasteiger partial charge on any atom is -0.461 e. The monoisotopic (exact) mass is 501 g/mol. The van der Waals surface area contributed by atoms with Gasteiger partial charge in [-0.05, 0) is 112 Å². The molecule has 4 rings (SSSR count). The smallest absolute Gasteiger partial charge is 0.323 e. The lowest BCUT2D eigenvalue weighted by Crippen LogP contribution is -2.51. The van der Waals surface area contributed by atoms with Crippen molar-refractivity contribution >= 4 is 5.97 Å². The van der Waals surface area contributed by atoms with E-state index >= 15 is 0 Å². The van der Waals surface area contributed by atoms with Crippen molar-refractivity contribution in [3.8, 4) is 0 Å². The van der Waals surface area contributed by atoms with E-state index in [1.807, 2.05) is 27.7 Å². The fourth-order valence-electron chi connectivity index (χ4n) is 9.28. The van der Waals surface area contributed by atoms with Crippen LogP contribution in [0.25, 0.3) is 0 Å². The summed E-state index contributed by atoms with van der Waals surface area (Å²) in [5.41, 5.74) is 7.82. The quantitative estimate of drug-likeness (QED) is 0.276. The van der Waals surface area contributed by atoms with Crippen molar-refractivity contribution in [2.75, 3.05) is 0 Å². The Morgan fingerprint density at radius 1 is 1.14 bits per heavy atom. The van der Waals surface area contributed by atoms with Crippen LogP contribution in [0.2, 0.25) is 0 Å². The normalized spacial score (nSPS) is 40.1. The Balaban J connectivity index is 1.42. The van der Waals surface area contributed by atoms with Crippen LogP contribution in [0.15, 0.2) is 11.6 Å². The number of esters is 1. The molecule has 0 bridgehead atoms. The van der Waals surface area contributed by atoms with Crippen LogP contribution in [0.4, 0.5) is 0 Å². The highest BCUT2D eigenvalue weighted by molar-refractivity contribution is 5.76. The van der Waals surface area contributed by atoms with E-state index < -0.39 is 11.6 Å². The van der Waals surface area contributed by atoms with Crippen LogP contribution in [0.1, 0.15) is 119 Å². The number of fused-ring (bicyclic) bond motifs is 5. The largest absolute Gasteiger partial charge is 0.461 e. The van der Waals surface area contributed by atoms with Crippen molar-refractivity contribution < 1.29 is 14.6 Å². The zero-order valence-corrected chi connectivity index (χ0v) is 24.3. The molecule has 0 saturated heterocycles. The van der Waals surface area contributed by atoms with Crippen LogP contribution in [0.3, 0.4) is 0 Å². The molecular weight excluding hydrogens is 446 g/mol. The summed E-state index contributed by atoms with van der Waals surface area (Å²) >= 11 is 0. The van der Waals surface area contributed by atoms with Gasteiger partial charge >= 0.3 is 5.97 Å². The summed E-state index contributed by atoms with van der Waals surface area (Å²) in [7, 11) is 0. The molecule has 3 fully saturated rings. The van der Waals surface area contributed by atoms with Crippen molar-refractivity contribution in [2.24, 2.45) is 52.1 Å². The van der Waals surface area contributed by atoms with Gasteiger partial charge in [0.05, 0.1) is 5.60 Å². The average Bonchev–Trinajstić information content (AvgIpc) is 3.15. The molecule has 0 aliphatic heterocycles. The lowest BCUT2D eigenvalue weighted by molar-refractivity contribution is -0.154. The van der Waals surface area contributed by atoms with E-state index in [9.17, 15) is 9.90 Å². The van der Waals surface area contributed by atoms with Gasteiger partial charge in [0.15, 0.2) is 0 Å². The van der Waals surface area contributed by atoms with Gasteiger partial charge in [-0.3, -0.25) is 4.79 Å². The highest BCUT2D eigenvalue weighted by atomic mass is 16.5. The summed E-state index contributed by atoms with van der Waals surface area (Å²) in [5, 5.41) is 10.2. The fourth-order valence-corrected chi connectivity index (χ4v) is 9.28. The van der Waals surface area contributed by atoms with E-state index in [2.05, 4.69) is 26.8 Å². The minimum atomic E-state index is -0.542. The number of carbonyl (C=O) groups excluding carboxylic acids is 1. The molecule has 0 aromatic heterocycles. The van der Waals surface area contributed by atoms with Gasteiger partial charge in [0.1, 0.15) is 12.1 Å². The molecule has 0 aromatic rings. The Bertz CT molecular complexity index is 828. The van der Waals surface area contributed by atoms with Gasteiger partial charge in [0.25, 0.3) is 0 Å². The van der Waals surface area contributed by atoms with Gasteiger partial charge in [-0.15, -0.1) is 0 Å². The summed E-state index contributed by atoms with van der Waals surface area (Å²) in [4.78, 5) is 12.5. The summed E-state index contributed by atoms with van der Waals surface area (Å²) in [6, 6.07) is -0.521. The second-order valence-corrected chi connectivity index (χ2v) is 14.7. The minimum absolute atomic E-state index is 0.00681. The number of aliphatic hydroxyl groups is 1. The first kappa shape index (κ1) is 28.1. The number of allylic oxidation sites excluding steroid dienone is 1. The highest BCUT2D eigenvalue weighted by Gasteiger charge is 2.59. The molecule has 4 aliphatic rings. The van der Waals surface area contributed by atoms with E-state index in [0.29, 0.717) is 5.41 Å². The highest BCUT2D eigenvalue weighted by Crippen LogP contribution is 2.67. The summed E-state index contributed by atoms with van der Waals surface area (Å²) in [6.07, 6.45) is 15.5. The zero-order valence-electron chi connectivity index (χ0n) is 24.3. The number of hydrogen-bond donors (Lipinski definition) is 2. The third kappa shape index (κ3) is 5.33. The first-order chi connectivity index (χ1) is 16.8. The Hall–Kier alpha value is -0.870. The van der Waals surface area contributed by atoms with Crippen LogP contribution in [-0.4, -0.2) is 28.8 Å². The number of carbonyl (C=O) groups is 1. The molecule has 0 spiro atoms.